The average molecular weight is 564 g/mol. The first kappa shape index (κ1) is 27.0. The zero-order valence-corrected chi connectivity index (χ0v) is 22.9. The first-order chi connectivity index (χ1) is 19.9. The smallest absolute Gasteiger partial charge is 0.324 e. The van der Waals surface area contributed by atoms with Crippen molar-refractivity contribution < 1.29 is 23.2 Å². The molecule has 41 heavy (non-hydrogen) atoms. The Morgan fingerprint density at radius 2 is 1.85 bits per heavy atom. The van der Waals surface area contributed by atoms with Crippen molar-refractivity contribution >= 4 is 28.4 Å². The number of halogens is 2. The van der Waals surface area contributed by atoms with Crippen LogP contribution in [-0.2, 0) is 0 Å². The Morgan fingerprint density at radius 3 is 2.56 bits per heavy atom. The number of fused-ring (bicyclic) bond motifs is 1. The number of urea groups is 1. The number of aromatic nitrogens is 4. The number of hydrogen-bond donors (Lipinski definition) is 1. The Balaban J connectivity index is 1.27. The van der Waals surface area contributed by atoms with Crippen LogP contribution >= 0.6 is 0 Å². The van der Waals surface area contributed by atoms with Crippen LogP contribution in [0.25, 0.3) is 22.0 Å². The summed E-state index contributed by atoms with van der Waals surface area (Å²) < 4.78 is 36.1. The van der Waals surface area contributed by atoms with Crippen LogP contribution in [0.5, 0.6) is 0 Å². The quantitative estimate of drug-likeness (QED) is 0.345. The van der Waals surface area contributed by atoms with Crippen LogP contribution < -0.4 is 9.80 Å². The molecule has 2 aliphatic heterocycles. The molecule has 10 nitrogen and oxygen atoms in total. The standard InChI is InChI=1S/C29H31F2N7O3/c1-17(2)28-34-26(35-41-28)18-7-9-36(10-8-18)27-24-21(30)5-4-20(25(24)32-16-33-27)19-3-6-23(22(31)15-19)38-12-11-37(13-14-39)29(38)40/h3-6,15-18,39H,7-14H2,1-2H3. The molecule has 0 bridgehead atoms. The van der Waals surface area contributed by atoms with Crippen LogP contribution in [0, 0.1) is 11.6 Å². The van der Waals surface area contributed by atoms with E-state index in [1.165, 1.54) is 28.3 Å². The van der Waals surface area contributed by atoms with Crippen LogP contribution in [0.15, 0.2) is 41.2 Å². The molecule has 2 aliphatic rings. The summed E-state index contributed by atoms with van der Waals surface area (Å²) in [6.07, 6.45) is 2.94. The fourth-order valence-electron chi connectivity index (χ4n) is 5.62. The highest BCUT2D eigenvalue weighted by Crippen LogP contribution is 2.37. The van der Waals surface area contributed by atoms with Gasteiger partial charge in [0.1, 0.15) is 23.8 Å². The van der Waals surface area contributed by atoms with E-state index >= 15 is 8.78 Å². The van der Waals surface area contributed by atoms with Crippen LogP contribution in [0.1, 0.15) is 50.2 Å². The Morgan fingerprint density at radius 1 is 1.05 bits per heavy atom. The van der Waals surface area contributed by atoms with Crippen LogP contribution in [0.2, 0.25) is 0 Å². The molecular formula is C29H31F2N7O3. The van der Waals surface area contributed by atoms with Gasteiger partial charge in [-0.2, -0.15) is 4.98 Å². The minimum Gasteiger partial charge on any atom is -0.395 e. The number of carbonyl (C=O) groups is 1. The van der Waals surface area contributed by atoms with Crippen molar-refractivity contribution in [3.05, 3.63) is 60.0 Å². The first-order valence-electron chi connectivity index (χ1n) is 13.8. The van der Waals surface area contributed by atoms with Crippen molar-refractivity contribution in [1.29, 1.82) is 0 Å². The highest BCUT2D eigenvalue weighted by atomic mass is 19.1. The van der Waals surface area contributed by atoms with Gasteiger partial charge < -0.3 is 19.4 Å². The summed E-state index contributed by atoms with van der Waals surface area (Å²) in [6, 6.07) is 7.19. The summed E-state index contributed by atoms with van der Waals surface area (Å²) in [4.78, 5) is 30.9. The Kier molecular flexibility index (Phi) is 7.24. The van der Waals surface area contributed by atoms with Gasteiger partial charge in [-0.15, -0.1) is 0 Å². The molecule has 0 spiro atoms. The fraction of sp³-hybridized carbons (Fsp3) is 0.414. The van der Waals surface area contributed by atoms with Crippen molar-refractivity contribution in [2.24, 2.45) is 0 Å². The maximum absolute atomic E-state index is 15.4. The topological polar surface area (TPSA) is 112 Å². The number of amides is 2. The van der Waals surface area contributed by atoms with Crippen molar-refractivity contribution in [1.82, 2.24) is 25.0 Å². The van der Waals surface area contributed by atoms with E-state index in [1.54, 1.807) is 18.2 Å². The summed E-state index contributed by atoms with van der Waals surface area (Å²) in [6.45, 7) is 6.06. The minimum absolute atomic E-state index is 0.149. The van der Waals surface area contributed by atoms with Crippen LogP contribution in [0.4, 0.5) is 25.1 Å². The first-order valence-corrected chi connectivity index (χ1v) is 13.8. The molecule has 4 aromatic rings. The molecule has 2 amide bonds. The van der Waals surface area contributed by atoms with Gasteiger partial charge in [-0.1, -0.05) is 25.1 Å². The third-order valence-corrected chi connectivity index (χ3v) is 7.84. The second-order valence-electron chi connectivity index (χ2n) is 10.7. The number of hydrogen-bond acceptors (Lipinski definition) is 8. The predicted octanol–water partition coefficient (Wildman–Crippen LogP) is 4.70. The van der Waals surface area contributed by atoms with Gasteiger partial charge in [-0.25, -0.2) is 23.5 Å². The Labute approximate surface area is 235 Å². The van der Waals surface area contributed by atoms with E-state index < -0.39 is 11.6 Å². The van der Waals surface area contributed by atoms with E-state index in [1.807, 2.05) is 18.7 Å². The van der Waals surface area contributed by atoms with Gasteiger partial charge in [0.25, 0.3) is 0 Å². The summed E-state index contributed by atoms with van der Waals surface area (Å²) in [7, 11) is 0. The molecule has 214 valence electrons. The maximum Gasteiger partial charge on any atom is 0.324 e. The minimum atomic E-state index is -0.572. The van der Waals surface area contributed by atoms with Gasteiger partial charge in [0.15, 0.2) is 5.82 Å². The number of carbonyl (C=O) groups excluding carboxylic acids is 1. The molecule has 0 saturated carbocycles. The van der Waals surface area contributed by atoms with Crippen molar-refractivity contribution in [3.63, 3.8) is 0 Å². The highest BCUT2D eigenvalue weighted by Gasteiger charge is 2.31. The lowest BCUT2D eigenvalue weighted by Crippen LogP contribution is -2.34. The second-order valence-corrected chi connectivity index (χ2v) is 10.7. The molecule has 2 saturated heterocycles. The van der Waals surface area contributed by atoms with Gasteiger partial charge in [-0.3, -0.25) is 4.90 Å². The SMILES string of the molecule is CC(C)c1nc(C2CCN(c3ncnc4c(-c5ccc(N6CCN(CCO)C6=O)c(F)c5)ccc(F)c34)CC2)no1. The monoisotopic (exact) mass is 563 g/mol. The van der Waals surface area contributed by atoms with Gasteiger partial charge in [-0.05, 0) is 42.7 Å². The van der Waals surface area contributed by atoms with Crippen molar-refractivity contribution in [2.45, 2.75) is 38.5 Å². The summed E-state index contributed by atoms with van der Waals surface area (Å²) in [5, 5.41) is 13.6. The third-order valence-electron chi connectivity index (χ3n) is 7.84. The number of nitrogens with zero attached hydrogens (tertiary/aromatic N) is 7. The van der Waals surface area contributed by atoms with E-state index in [0.29, 0.717) is 60.4 Å². The largest absolute Gasteiger partial charge is 0.395 e. The molecule has 0 radical (unpaired) electrons. The molecule has 2 fully saturated rings. The van der Waals surface area contributed by atoms with E-state index in [2.05, 4.69) is 20.1 Å². The lowest BCUT2D eigenvalue weighted by Gasteiger charge is -2.32. The Hall–Kier alpha value is -4.19. The summed E-state index contributed by atoms with van der Waals surface area (Å²) in [5.74, 6) is 1.11. The van der Waals surface area contributed by atoms with E-state index in [4.69, 9.17) is 9.63 Å². The lowest BCUT2D eigenvalue weighted by atomic mass is 9.95. The van der Waals surface area contributed by atoms with Crippen LogP contribution in [0.3, 0.4) is 0 Å². The number of benzene rings is 2. The molecular weight excluding hydrogens is 532 g/mol. The highest BCUT2D eigenvalue weighted by molar-refractivity contribution is 6.00. The number of anilines is 2. The zero-order valence-electron chi connectivity index (χ0n) is 22.9. The zero-order chi connectivity index (χ0) is 28.7. The number of β-amino-alcohol motifs (C(OH)–C–C–N with tert-alkyl or cyclic N) is 1. The molecule has 2 aromatic heterocycles. The number of aliphatic hydroxyl groups excluding tert-OH is 1. The fourth-order valence-corrected chi connectivity index (χ4v) is 5.62. The molecule has 4 heterocycles. The number of aliphatic hydroxyl groups is 1. The molecule has 1 N–H and O–H groups in total. The predicted molar refractivity (Wildman–Crippen MR) is 149 cm³/mol. The molecule has 0 unspecified atom stereocenters. The van der Waals surface area contributed by atoms with Gasteiger partial charge in [0, 0.05) is 50.1 Å². The van der Waals surface area contributed by atoms with Crippen LogP contribution in [-0.4, -0.2) is 75.5 Å². The second kappa shape index (κ2) is 11.0. The molecule has 12 heteroatoms. The molecule has 2 aromatic carbocycles. The van der Waals surface area contributed by atoms with Gasteiger partial charge >= 0.3 is 6.03 Å². The maximum atomic E-state index is 15.4. The molecule has 0 aliphatic carbocycles. The third kappa shape index (κ3) is 4.96. The molecule has 0 atom stereocenters. The van der Waals surface area contributed by atoms with E-state index in [9.17, 15) is 4.79 Å². The van der Waals surface area contributed by atoms with Crippen molar-refractivity contribution in [2.75, 3.05) is 49.1 Å². The summed E-state index contributed by atoms with van der Waals surface area (Å²) >= 11 is 0. The Bertz CT molecular complexity index is 1590. The van der Waals surface area contributed by atoms with E-state index in [-0.39, 0.29) is 42.1 Å². The van der Waals surface area contributed by atoms with E-state index in [0.717, 1.165) is 12.8 Å². The molecule has 6 rings (SSSR count). The van der Waals surface area contributed by atoms with Crippen molar-refractivity contribution in [3.8, 4) is 11.1 Å². The number of piperidine rings is 1. The summed E-state index contributed by atoms with van der Waals surface area (Å²) in [5.41, 5.74) is 1.62. The normalized spacial score (nSPS) is 16.5. The lowest BCUT2D eigenvalue weighted by molar-refractivity contribution is 0.199. The van der Waals surface area contributed by atoms with Gasteiger partial charge in [0.05, 0.1) is 23.2 Å². The van der Waals surface area contributed by atoms with Gasteiger partial charge in [0.2, 0.25) is 5.89 Å². The number of rotatable bonds is 7. The average Bonchev–Trinajstić information content (AvgIpc) is 3.61.